The summed E-state index contributed by atoms with van der Waals surface area (Å²) in [5, 5.41) is 3.47. The number of halogens is 1. The summed E-state index contributed by atoms with van der Waals surface area (Å²) in [4.78, 5) is 4.15. The van der Waals surface area contributed by atoms with Crippen LogP contribution in [0.15, 0.2) is 42.6 Å². The maximum Gasteiger partial charge on any atom is 0.141 e. The first kappa shape index (κ1) is 15.6. The van der Waals surface area contributed by atoms with Gasteiger partial charge in [-0.25, -0.2) is 4.39 Å². The van der Waals surface area contributed by atoms with Crippen molar-refractivity contribution in [1.29, 1.82) is 0 Å². The standard InChI is InChI=1S/C17H21FN2O/c1-3-16(17-8-7-15(18)11-20-17)19-10-13-5-4-6-14(9-13)12-21-2/h4-9,11,16,19H,3,10,12H2,1-2H3. The zero-order valence-corrected chi connectivity index (χ0v) is 12.5. The number of hydrogen-bond acceptors (Lipinski definition) is 3. The molecule has 0 aliphatic heterocycles. The SMILES string of the molecule is CCC(NCc1cccc(COC)c1)c1ccc(F)cn1. The van der Waals surface area contributed by atoms with Gasteiger partial charge in [-0.1, -0.05) is 31.2 Å². The summed E-state index contributed by atoms with van der Waals surface area (Å²) in [7, 11) is 1.69. The van der Waals surface area contributed by atoms with Gasteiger partial charge in [-0.15, -0.1) is 0 Å². The number of benzene rings is 1. The molecule has 2 aromatic rings. The van der Waals surface area contributed by atoms with Gasteiger partial charge < -0.3 is 10.1 Å². The normalized spacial score (nSPS) is 12.3. The number of methoxy groups -OCH3 is 1. The number of rotatable bonds is 7. The highest BCUT2D eigenvalue weighted by Gasteiger charge is 2.10. The van der Waals surface area contributed by atoms with Crippen LogP contribution in [0.25, 0.3) is 0 Å². The predicted molar refractivity (Wildman–Crippen MR) is 81.2 cm³/mol. The third-order valence-corrected chi connectivity index (χ3v) is 3.37. The van der Waals surface area contributed by atoms with Crippen LogP contribution < -0.4 is 5.32 Å². The molecule has 0 bridgehead atoms. The van der Waals surface area contributed by atoms with E-state index in [4.69, 9.17) is 4.74 Å². The Kier molecular flexibility index (Phi) is 5.84. The topological polar surface area (TPSA) is 34.1 Å². The van der Waals surface area contributed by atoms with Crippen molar-refractivity contribution in [3.63, 3.8) is 0 Å². The lowest BCUT2D eigenvalue weighted by Gasteiger charge is -2.16. The molecule has 3 nitrogen and oxygen atoms in total. The summed E-state index contributed by atoms with van der Waals surface area (Å²) in [6.07, 6.45) is 2.16. The monoisotopic (exact) mass is 288 g/mol. The van der Waals surface area contributed by atoms with E-state index in [0.717, 1.165) is 24.2 Å². The quantitative estimate of drug-likeness (QED) is 0.845. The van der Waals surface area contributed by atoms with Crippen LogP contribution in [0.4, 0.5) is 4.39 Å². The smallest absolute Gasteiger partial charge is 0.141 e. The molecule has 0 aliphatic rings. The molecule has 0 amide bonds. The first-order valence-electron chi connectivity index (χ1n) is 7.14. The largest absolute Gasteiger partial charge is 0.380 e. The van der Waals surface area contributed by atoms with Crippen LogP contribution in [0.5, 0.6) is 0 Å². The van der Waals surface area contributed by atoms with Crippen LogP contribution in [0.1, 0.15) is 36.2 Å². The molecule has 1 N–H and O–H groups in total. The molecule has 1 aromatic heterocycles. The van der Waals surface area contributed by atoms with Crippen molar-refractivity contribution in [3.05, 3.63) is 65.2 Å². The molecule has 1 atom stereocenters. The molecule has 0 saturated heterocycles. The van der Waals surface area contributed by atoms with Gasteiger partial charge in [-0.3, -0.25) is 4.98 Å². The Balaban J connectivity index is 1.99. The molecular formula is C17H21FN2O. The first-order chi connectivity index (χ1) is 10.2. The molecule has 4 heteroatoms. The number of nitrogens with one attached hydrogen (secondary N) is 1. The Labute approximate surface area is 125 Å². The Morgan fingerprint density at radius 2 is 2.05 bits per heavy atom. The summed E-state index contributed by atoms with van der Waals surface area (Å²) in [5.41, 5.74) is 3.22. The minimum atomic E-state index is -0.305. The molecule has 0 spiro atoms. The average Bonchev–Trinajstić information content (AvgIpc) is 2.50. The van der Waals surface area contributed by atoms with Crippen molar-refractivity contribution in [1.82, 2.24) is 10.3 Å². The van der Waals surface area contributed by atoms with E-state index in [1.807, 2.05) is 12.1 Å². The van der Waals surface area contributed by atoms with Crippen molar-refractivity contribution in [2.24, 2.45) is 0 Å². The summed E-state index contributed by atoms with van der Waals surface area (Å²) in [6.45, 7) is 3.45. The van der Waals surface area contributed by atoms with E-state index in [1.54, 1.807) is 13.2 Å². The lowest BCUT2D eigenvalue weighted by atomic mass is 10.1. The fraction of sp³-hybridized carbons (Fsp3) is 0.353. The molecule has 0 fully saturated rings. The predicted octanol–water partition coefficient (Wildman–Crippen LogP) is 3.61. The molecule has 1 heterocycles. The van der Waals surface area contributed by atoms with Crippen LogP contribution in [0.3, 0.4) is 0 Å². The summed E-state index contributed by atoms with van der Waals surface area (Å²) in [6, 6.07) is 11.6. The Bertz CT molecular complexity index is 557. The first-order valence-corrected chi connectivity index (χ1v) is 7.14. The average molecular weight is 288 g/mol. The molecule has 0 aliphatic carbocycles. The molecule has 1 unspecified atom stereocenters. The summed E-state index contributed by atoms with van der Waals surface area (Å²) < 4.78 is 18.1. The fourth-order valence-corrected chi connectivity index (χ4v) is 2.29. The van der Waals surface area contributed by atoms with Crippen LogP contribution in [0.2, 0.25) is 0 Å². The van der Waals surface area contributed by atoms with E-state index in [0.29, 0.717) is 6.61 Å². The maximum absolute atomic E-state index is 12.9. The Morgan fingerprint density at radius 1 is 1.24 bits per heavy atom. The fourth-order valence-electron chi connectivity index (χ4n) is 2.29. The number of nitrogens with zero attached hydrogens (tertiary/aromatic N) is 1. The van der Waals surface area contributed by atoms with Gasteiger partial charge in [0.2, 0.25) is 0 Å². The zero-order valence-electron chi connectivity index (χ0n) is 12.5. The van der Waals surface area contributed by atoms with E-state index in [2.05, 4.69) is 29.4 Å². The number of ether oxygens (including phenoxy) is 1. The highest BCUT2D eigenvalue weighted by molar-refractivity contribution is 5.23. The Morgan fingerprint density at radius 3 is 2.71 bits per heavy atom. The summed E-state index contributed by atoms with van der Waals surface area (Å²) >= 11 is 0. The summed E-state index contributed by atoms with van der Waals surface area (Å²) in [5.74, 6) is -0.305. The Hall–Kier alpha value is -1.78. The van der Waals surface area contributed by atoms with Crippen LogP contribution in [-0.4, -0.2) is 12.1 Å². The third-order valence-electron chi connectivity index (χ3n) is 3.37. The van der Waals surface area contributed by atoms with E-state index in [1.165, 1.54) is 17.8 Å². The highest BCUT2D eigenvalue weighted by atomic mass is 19.1. The van der Waals surface area contributed by atoms with Gasteiger partial charge in [-0.05, 0) is 29.7 Å². The van der Waals surface area contributed by atoms with Crippen molar-refractivity contribution < 1.29 is 9.13 Å². The van der Waals surface area contributed by atoms with Gasteiger partial charge in [-0.2, -0.15) is 0 Å². The lowest BCUT2D eigenvalue weighted by molar-refractivity contribution is 0.185. The highest BCUT2D eigenvalue weighted by Crippen LogP contribution is 2.15. The minimum absolute atomic E-state index is 0.122. The zero-order chi connectivity index (χ0) is 15.1. The van der Waals surface area contributed by atoms with Crippen molar-refractivity contribution in [2.75, 3.05) is 7.11 Å². The molecular weight excluding hydrogens is 267 g/mol. The molecule has 2 rings (SSSR count). The van der Waals surface area contributed by atoms with Crippen molar-refractivity contribution >= 4 is 0 Å². The second kappa shape index (κ2) is 7.86. The molecule has 1 aromatic carbocycles. The molecule has 0 radical (unpaired) electrons. The third kappa shape index (κ3) is 4.62. The van der Waals surface area contributed by atoms with Crippen LogP contribution >= 0.6 is 0 Å². The second-order valence-electron chi connectivity index (χ2n) is 5.00. The van der Waals surface area contributed by atoms with Crippen molar-refractivity contribution in [3.8, 4) is 0 Å². The van der Waals surface area contributed by atoms with E-state index in [9.17, 15) is 4.39 Å². The van der Waals surface area contributed by atoms with E-state index >= 15 is 0 Å². The van der Waals surface area contributed by atoms with Gasteiger partial charge in [0.05, 0.1) is 18.5 Å². The second-order valence-corrected chi connectivity index (χ2v) is 5.00. The minimum Gasteiger partial charge on any atom is -0.380 e. The molecule has 21 heavy (non-hydrogen) atoms. The lowest BCUT2D eigenvalue weighted by Crippen LogP contribution is -2.21. The van der Waals surface area contributed by atoms with Crippen LogP contribution in [-0.2, 0) is 17.9 Å². The molecule has 112 valence electrons. The van der Waals surface area contributed by atoms with Gasteiger partial charge in [0.1, 0.15) is 5.82 Å². The van der Waals surface area contributed by atoms with E-state index < -0.39 is 0 Å². The number of pyridine rings is 1. The van der Waals surface area contributed by atoms with Gasteiger partial charge in [0.15, 0.2) is 0 Å². The van der Waals surface area contributed by atoms with Crippen LogP contribution in [0, 0.1) is 5.82 Å². The van der Waals surface area contributed by atoms with E-state index in [-0.39, 0.29) is 11.9 Å². The number of hydrogen-bond donors (Lipinski definition) is 1. The van der Waals surface area contributed by atoms with Gasteiger partial charge in [0.25, 0.3) is 0 Å². The van der Waals surface area contributed by atoms with Crippen molar-refractivity contribution in [2.45, 2.75) is 32.5 Å². The van der Waals surface area contributed by atoms with Gasteiger partial charge in [0, 0.05) is 19.7 Å². The van der Waals surface area contributed by atoms with Gasteiger partial charge >= 0.3 is 0 Å². The maximum atomic E-state index is 12.9. The molecule has 0 saturated carbocycles. The number of aromatic nitrogens is 1.